The lowest BCUT2D eigenvalue weighted by atomic mass is 10.1. The number of ether oxygens (including phenoxy) is 1. The number of hydrogen-bond acceptors (Lipinski definition) is 9. The minimum absolute atomic E-state index is 0.00166. The molecule has 0 radical (unpaired) electrons. The Morgan fingerprint density at radius 1 is 1.23 bits per heavy atom. The first-order valence-corrected chi connectivity index (χ1v) is 10.3. The smallest absolute Gasteiger partial charge is 0.387 e. The Bertz CT molecular complexity index is 1060. The largest absolute Gasteiger partial charge is 0.435 e. The molecule has 10 nitrogen and oxygen atoms in total. The van der Waals surface area contributed by atoms with Gasteiger partial charge in [-0.05, 0) is 11.3 Å². The van der Waals surface area contributed by atoms with Crippen molar-refractivity contribution in [1.82, 2.24) is 14.7 Å². The minimum Gasteiger partial charge on any atom is -0.435 e. The third-order valence-electron chi connectivity index (χ3n) is 3.86. The van der Waals surface area contributed by atoms with Crippen LogP contribution in [0.2, 0.25) is 0 Å². The van der Waals surface area contributed by atoms with Gasteiger partial charge in [0.2, 0.25) is 16.0 Å². The zero-order valence-corrected chi connectivity index (χ0v) is 16.3. The number of nitrogens with one attached hydrogen (secondary N) is 2. The molecule has 3 rings (SSSR count). The second kappa shape index (κ2) is 9.13. The second-order valence-electron chi connectivity index (χ2n) is 6.11. The molecule has 1 unspecified atom stereocenters. The number of sulfonamides is 1. The highest BCUT2D eigenvalue weighted by atomic mass is 32.2. The molecule has 0 saturated carbocycles. The van der Waals surface area contributed by atoms with Gasteiger partial charge in [-0.3, -0.25) is 0 Å². The lowest BCUT2D eigenvalue weighted by Gasteiger charge is -2.20. The van der Waals surface area contributed by atoms with Crippen molar-refractivity contribution in [2.24, 2.45) is 15.4 Å². The predicted octanol–water partition coefficient (Wildman–Crippen LogP) is 2.09. The molecule has 30 heavy (non-hydrogen) atoms. The minimum atomic E-state index is -3.59. The number of rotatable bonds is 9. The van der Waals surface area contributed by atoms with Crippen LogP contribution in [0.3, 0.4) is 0 Å². The van der Waals surface area contributed by atoms with Crippen LogP contribution in [0.1, 0.15) is 17.2 Å². The molecule has 14 heteroatoms. The maximum Gasteiger partial charge on any atom is 0.387 e. The summed E-state index contributed by atoms with van der Waals surface area (Å²) in [6, 6.07) is 2.19. The lowest BCUT2D eigenvalue weighted by molar-refractivity contribution is -0.0500. The molecular formula is C16H16F3N7O3S. The fraction of sp³-hybridized carbons (Fsp3) is 0.312. The molecule has 2 heterocycles. The van der Waals surface area contributed by atoms with Crippen LogP contribution in [0, 0.1) is 5.82 Å². The van der Waals surface area contributed by atoms with E-state index in [4.69, 9.17) is 0 Å². The first-order valence-electron chi connectivity index (χ1n) is 8.42. The Hall–Kier alpha value is -3.13. The van der Waals surface area contributed by atoms with Crippen molar-refractivity contribution in [1.29, 1.82) is 0 Å². The summed E-state index contributed by atoms with van der Waals surface area (Å²) >= 11 is 0. The molecule has 0 amide bonds. The number of hydrogen-bond donors (Lipinski definition) is 2. The van der Waals surface area contributed by atoms with Gasteiger partial charge < -0.3 is 10.1 Å². The van der Waals surface area contributed by atoms with Gasteiger partial charge in [0.15, 0.2) is 0 Å². The molecule has 0 fully saturated rings. The molecule has 1 aliphatic rings. The topological polar surface area (TPSA) is 130 Å². The third kappa shape index (κ3) is 5.93. The first kappa shape index (κ1) is 21.6. The van der Waals surface area contributed by atoms with Crippen LogP contribution < -0.4 is 14.8 Å². The average molecular weight is 443 g/mol. The molecule has 1 aliphatic heterocycles. The average Bonchev–Trinajstić information content (AvgIpc) is 3.20. The van der Waals surface area contributed by atoms with Crippen molar-refractivity contribution >= 4 is 21.7 Å². The molecule has 2 aromatic rings. The summed E-state index contributed by atoms with van der Waals surface area (Å²) < 4.78 is 68.5. The number of aromatic nitrogens is 2. The highest BCUT2D eigenvalue weighted by Gasteiger charge is 2.20. The molecule has 0 aliphatic carbocycles. The second-order valence-corrected chi connectivity index (χ2v) is 7.94. The summed E-state index contributed by atoms with van der Waals surface area (Å²) in [6.07, 6.45) is 3.87. The standard InChI is InChI=1S/C16H16F3N7O3S/c1-30(27,28)23-8-14(11-3-2-10(4-12(11)17)29-15(18)19)24-16-20-5-9(6-21-16)13-7-22-26-25-13/h2-6,14-15,23H,7-8H2,1H3,(H,20,21,24). The van der Waals surface area contributed by atoms with Gasteiger partial charge in [0.05, 0.1) is 18.0 Å². The van der Waals surface area contributed by atoms with Gasteiger partial charge >= 0.3 is 6.61 Å². The highest BCUT2D eigenvalue weighted by molar-refractivity contribution is 7.88. The molecule has 1 aromatic carbocycles. The molecule has 160 valence electrons. The van der Waals surface area contributed by atoms with E-state index in [9.17, 15) is 21.6 Å². The SMILES string of the molecule is CS(=O)(=O)NCC(Nc1ncc(C2=NN=NC2)cn1)c1ccc(OC(F)F)cc1F. The fourth-order valence-electron chi connectivity index (χ4n) is 2.51. The van der Waals surface area contributed by atoms with E-state index >= 15 is 0 Å². The third-order valence-corrected chi connectivity index (χ3v) is 4.55. The van der Waals surface area contributed by atoms with Gasteiger partial charge in [0.1, 0.15) is 18.1 Å². The number of alkyl halides is 2. The Morgan fingerprint density at radius 2 is 1.97 bits per heavy atom. The Kier molecular flexibility index (Phi) is 6.56. The van der Waals surface area contributed by atoms with E-state index in [1.54, 1.807) is 0 Å². The zero-order chi connectivity index (χ0) is 21.7. The van der Waals surface area contributed by atoms with Gasteiger partial charge in [-0.1, -0.05) is 6.07 Å². The Balaban J connectivity index is 1.82. The number of anilines is 1. The van der Waals surface area contributed by atoms with E-state index < -0.39 is 28.5 Å². The quantitative estimate of drug-likeness (QED) is 0.610. The fourth-order valence-corrected chi connectivity index (χ4v) is 2.98. The highest BCUT2D eigenvalue weighted by Crippen LogP contribution is 2.25. The predicted molar refractivity (Wildman–Crippen MR) is 101 cm³/mol. The van der Waals surface area contributed by atoms with Crippen LogP contribution in [-0.4, -0.2) is 50.1 Å². The summed E-state index contributed by atoms with van der Waals surface area (Å²) in [4.78, 5) is 8.22. The molecule has 0 spiro atoms. The number of benzene rings is 1. The van der Waals surface area contributed by atoms with Gasteiger partial charge in [0.25, 0.3) is 0 Å². The van der Waals surface area contributed by atoms with E-state index in [2.05, 4.69) is 40.2 Å². The van der Waals surface area contributed by atoms with Crippen LogP contribution >= 0.6 is 0 Å². The summed E-state index contributed by atoms with van der Waals surface area (Å²) in [6.45, 7) is -3.05. The summed E-state index contributed by atoms with van der Waals surface area (Å²) in [5.74, 6) is -1.16. The number of nitrogens with zero attached hydrogens (tertiary/aromatic N) is 5. The van der Waals surface area contributed by atoms with Crippen molar-refractivity contribution in [2.75, 3.05) is 24.7 Å². The van der Waals surface area contributed by atoms with Crippen molar-refractivity contribution in [3.05, 3.63) is 47.5 Å². The molecule has 2 N–H and O–H groups in total. The molecule has 0 bridgehead atoms. The van der Waals surface area contributed by atoms with Crippen molar-refractivity contribution in [3.63, 3.8) is 0 Å². The van der Waals surface area contributed by atoms with E-state index in [1.807, 2.05) is 0 Å². The van der Waals surface area contributed by atoms with Gasteiger partial charge in [-0.2, -0.15) is 13.9 Å². The first-order chi connectivity index (χ1) is 14.2. The molecular weight excluding hydrogens is 427 g/mol. The molecule has 1 atom stereocenters. The Labute approximate surface area is 169 Å². The van der Waals surface area contributed by atoms with Crippen LogP contribution in [-0.2, 0) is 10.0 Å². The monoisotopic (exact) mass is 443 g/mol. The zero-order valence-electron chi connectivity index (χ0n) is 15.5. The maximum absolute atomic E-state index is 14.5. The molecule has 1 aromatic heterocycles. The summed E-state index contributed by atoms with van der Waals surface area (Å²) in [5, 5.41) is 13.9. The summed E-state index contributed by atoms with van der Waals surface area (Å²) in [7, 11) is -3.59. The normalized spacial score (nSPS) is 14.6. The van der Waals surface area contributed by atoms with Crippen LogP contribution in [0.5, 0.6) is 5.75 Å². The summed E-state index contributed by atoms with van der Waals surface area (Å²) in [5.41, 5.74) is 1.17. The van der Waals surface area contributed by atoms with E-state index in [1.165, 1.54) is 18.5 Å². The lowest BCUT2D eigenvalue weighted by Crippen LogP contribution is -2.31. The van der Waals surface area contributed by atoms with Crippen molar-refractivity contribution in [2.45, 2.75) is 12.7 Å². The van der Waals surface area contributed by atoms with Crippen molar-refractivity contribution in [3.8, 4) is 5.75 Å². The Morgan fingerprint density at radius 3 is 2.53 bits per heavy atom. The van der Waals surface area contributed by atoms with Crippen LogP contribution in [0.25, 0.3) is 0 Å². The van der Waals surface area contributed by atoms with Gasteiger partial charge in [-0.15, -0.1) is 5.10 Å². The maximum atomic E-state index is 14.5. The van der Waals surface area contributed by atoms with Gasteiger partial charge in [-0.25, -0.2) is 27.5 Å². The van der Waals surface area contributed by atoms with E-state index in [0.29, 0.717) is 17.8 Å². The van der Waals surface area contributed by atoms with Crippen LogP contribution in [0.15, 0.2) is 46.0 Å². The van der Waals surface area contributed by atoms with E-state index in [0.717, 1.165) is 18.4 Å². The van der Waals surface area contributed by atoms with Crippen LogP contribution in [0.4, 0.5) is 19.1 Å². The molecule has 0 saturated heterocycles. The number of halogens is 3. The van der Waals surface area contributed by atoms with E-state index in [-0.39, 0.29) is 23.8 Å². The van der Waals surface area contributed by atoms with Crippen molar-refractivity contribution < 1.29 is 26.3 Å². The van der Waals surface area contributed by atoms with Gasteiger partial charge in [0, 0.05) is 36.1 Å².